The highest BCUT2D eigenvalue weighted by Crippen LogP contribution is 2.51. The number of fused-ring (bicyclic) bond motifs is 2. The second-order valence-electron chi connectivity index (χ2n) is 17.5. The van der Waals surface area contributed by atoms with Gasteiger partial charge in [-0.15, -0.1) is 0 Å². The topological polar surface area (TPSA) is 244 Å². The predicted molar refractivity (Wildman–Crippen MR) is 258 cm³/mol. The van der Waals surface area contributed by atoms with Crippen molar-refractivity contribution >= 4 is 65.0 Å². The third kappa shape index (κ3) is 14.0. The summed E-state index contributed by atoms with van der Waals surface area (Å²) in [7, 11) is -10.3. The number of carboxylic acids is 1. The van der Waals surface area contributed by atoms with Crippen LogP contribution in [0.1, 0.15) is 89.2 Å². The molecule has 2 heterocycles. The molecule has 21 heteroatoms. The van der Waals surface area contributed by atoms with Crippen molar-refractivity contribution in [1.82, 2.24) is 0 Å². The average Bonchev–Trinajstić information content (AvgIpc) is 3.64. The number of nitrogens with zero attached hydrogens (tertiary/aromatic N) is 2. The number of ether oxygens (including phenoxy) is 4. The SMILES string of the molecule is COCCOCCOCC[N+]1=C(/C=C/C2=C(Cl)C(=C/C=C3/N(CCCCCC(=O)O)c4ccc(S(=O)(=O)O)cc4C3(C)CCOC)/CCC2)C(C)(CCCS(=O)(=O)O)c2cc(S(=O)(=O)O)ccc21. The summed E-state index contributed by atoms with van der Waals surface area (Å²) in [4.78, 5) is 12.8. The van der Waals surface area contributed by atoms with Gasteiger partial charge in [0, 0.05) is 73.3 Å². The van der Waals surface area contributed by atoms with E-state index in [0.29, 0.717) is 112 Å². The number of halogens is 1. The van der Waals surface area contributed by atoms with Gasteiger partial charge in [-0.3, -0.25) is 18.5 Å². The van der Waals surface area contributed by atoms with Crippen LogP contribution < -0.4 is 4.90 Å². The lowest BCUT2D eigenvalue weighted by Crippen LogP contribution is -2.32. The summed E-state index contributed by atoms with van der Waals surface area (Å²) in [6.45, 7) is 6.72. The van der Waals surface area contributed by atoms with Crippen LogP contribution >= 0.6 is 11.6 Å². The van der Waals surface area contributed by atoms with Gasteiger partial charge >= 0.3 is 5.97 Å². The molecule has 0 fully saturated rings. The first kappa shape index (κ1) is 55.1. The Labute approximate surface area is 405 Å². The lowest BCUT2D eigenvalue weighted by atomic mass is 9.75. The molecule has 0 bridgehead atoms. The quantitative estimate of drug-likeness (QED) is 0.0387. The van der Waals surface area contributed by atoms with E-state index in [4.69, 9.17) is 30.5 Å². The molecule has 0 radical (unpaired) electrons. The number of rotatable bonds is 27. The number of benzene rings is 2. The van der Waals surface area contributed by atoms with Crippen LogP contribution in [0.4, 0.5) is 11.4 Å². The van der Waals surface area contributed by atoms with E-state index < -0.39 is 52.9 Å². The number of carbonyl (C=O) groups is 1. The zero-order chi connectivity index (χ0) is 49.9. The van der Waals surface area contributed by atoms with Crippen LogP contribution in [0.3, 0.4) is 0 Å². The van der Waals surface area contributed by atoms with Crippen LogP contribution in [-0.2, 0) is 64.9 Å². The third-order valence-corrected chi connectivity index (χ3v) is 15.8. The minimum Gasteiger partial charge on any atom is -0.481 e. The minimum atomic E-state index is -4.62. The van der Waals surface area contributed by atoms with Crippen LogP contribution in [0, 0.1) is 0 Å². The Morgan fingerprint density at radius 2 is 1.41 bits per heavy atom. The Bertz CT molecular complexity index is 2660. The van der Waals surface area contributed by atoms with Crippen molar-refractivity contribution in [1.29, 1.82) is 0 Å². The summed E-state index contributed by atoms with van der Waals surface area (Å²) in [5, 5.41) is 9.71. The molecule has 1 aliphatic carbocycles. The summed E-state index contributed by atoms with van der Waals surface area (Å²) in [5.74, 6) is -1.40. The molecule has 4 N–H and O–H groups in total. The first-order chi connectivity index (χ1) is 32.0. The maximum atomic E-state index is 12.4. The largest absolute Gasteiger partial charge is 0.481 e. The zero-order valence-corrected chi connectivity index (χ0v) is 42.2. The lowest BCUT2D eigenvalue weighted by Gasteiger charge is -2.30. The minimum absolute atomic E-state index is 0.0278. The summed E-state index contributed by atoms with van der Waals surface area (Å²) in [6, 6.07) is 8.84. The van der Waals surface area contributed by atoms with Crippen LogP contribution in [-0.4, -0.2) is 133 Å². The molecule has 376 valence electrons. The van der Waals surface area contributed by atoms with E-state index in [-0.39, 0.29) is 35.7 Å². The van der Waals surface area contributed by atoms with E-state index in [9.17, 15) is 48.8 Å². The molecule has 2 aliphatic heterocycles. The Balaban J connectivity index is 1.57. The first-order valence-corrected chi connectivity index (χ1v) is 27.4. The Morgan fingerprint density at radius 3 is 2.06 bits per heavy atom. The van der Waals surface area contributed by atoms with Gasteiger partial charge in [-0.25, -0.2) is 0 Å². The summed E-state index contributed by atoms with van der Waals surface area (Å²) in [6.07, 6.45) is 12.2. The number of unbranched alkanes of at least 4 members (excludes halogenated alkanes) is 2. The molecule has 0 aromatic heterocycles. The number of methoxy groups -OCH3 is 2. The zero-order valence-electron chi connectivity index (χ0n) is 39.0. The molecule has 0 saturated heterocycles. The molecule has 2 atom stereocenters. The van der Waals surface area contributed by atoms with E-state index >= 15 is 0 Å². The number of aliphatic carboxylic acids is 1. The van der Waals surface area contributed by atoms with Crippen molar-refractivity contribution in [2.24, 2.45) is 0 Å². The molecule has 2 unspecified atom stereocenters. The predicted octanol–water partition coefficient (Wildman–Crippen LogP) is 7.39. The number of hydrogen-bond acceptors (Lipinski definition) is 12. The lowest BCUT2D eigenvalue weighted by molar-refractivity contribution is -0.442. The first-order valence-electron chi connectivity index (χ1n) is 22.5. The van der Waals surface area contributed by atoms with Gasteiger partial charge in [0.2, 0.25) is 5.69 Å². The third-order valence-electron chi connectivity index (χ3n) is 12.8. The molecule has 3 aliphatic rings. The highest BCUT2D eigenvalue weighted by molar-refractivity contribution is 7.86. The van der Waals surface area contributed by atoms with Crippen molar-refractivity contribution in [3.8, 4) is 0 Å². The van der Waals surface area contributed by atoms with Gasteiger partial charge in [0.1, 0.15) is 6.61 Å². The molecule has 5 rings (SSSR count). The van der Waals surface area contributed by atoms with Crippen molar-refractivity contribution < 1.29 is 72.3 Å². The fourth-order valence-corrected chi connectivity index (χ4v) is 11.1. The molecular weight excluding hydrogens is 964 g/mol. The fraction of sp³-hybridized carbons (Fsp3) is 0.532. The average molecular weight is 1030 g/mol. The van der Waals surface area contributed by atoms with Gasteiger partial charge in [-0.05, 0) is 118 Å². The Kier molecular flexibility index (Phi) is 19.4. The molecule has 2 aromatic carbocycles. The fourth-order valence-electron chi connectivity index (χ4n) is 9.22. The van der Waals surface area contributed by atoms with Crippen LogP contribution in [0.5, 0.6) is 0 Å². The van der Waals surface area contributed by atoms with Crippen LogP contribution in [0.25, 0.3) is 0 Å². The van der Waals surface area contributed by atoms with Gasteiger partial charge < -0.3 is 29.0 Å². The normalized spacial score (nSPS) is 21.2. The summed E-state index contributed by atoms with van der Waals surface area (Å²) in [5.41, 5.74) is 4.00. The van der Waals surface area contributed by atoms with Gasteiger partial charge in [0.15, 0.2) is 12.3 Å². The van der Waals surface area contributed by atoms with E-state index in [0.717, 1.165) is 29.0 Å². The molecule has 2 aromatic rings. The van der Waals surface area contributed by atoms with Crippen LogP contribution in [0.15, 0.2) is 92.4 Å². The second kappa shape index (κ2) is 23.9. The standard InChI is InChI=1S/C47H63ClN2O15S3/c1-46(21-9-31-66(53,54)55)38-32-36(67(56,57)58)16-18-41(38)50(24-26-64-29-30-65-28-27-63-4)42(46)19-13-34-10-8-11-35(45(34)48)14-20-43-47(2,22-25-62-3)39-33-37(68(59,60)61)15-17-40(39)49(43)23-7-5-6-12-44(51)52/h13-20,32-33H,5-12,21-31H2,1-4H3,(H3-,51,52,53,54,55,56,57,58,59,60,61)/p+1. The van der Waals surface area contributed by atoms with Crippen molar-refractivity contribution in [3.63, 3.8) is 0 Å². The van der Waals surface area contributed by atoms with Crippen LogP contribution in [0.2, 0.25) is 0 Å². The molecule has 17 nitrogen and oxygen atoms in total. The molecule has 0 amide bonds. The molecular formula is C47H64ClN2O15S3+. The molecule has 68 heavy (non-hydrogen) atoms. The number of hydrogen-bond donors (Lipinski definition) is 4. The van der Waals surface area contributed by atoms with Gasteiger partial charge in [0.05, 0.1) is 47.4 Å². The monoisotopic (exact) mass is 1030 g/mol. The van der Waals surface area contributed by atoms with E-state index in [2.05, 4.69) is 4.90 Å². The highest BCUT2D eigenvalue weighted by atomic mass is 35.5. The Morgan fingerprint density at radius 1 is 0.765 bits per heavy atom. The van der Waals surface area contributed by atoms with E-state index in [1.54, 1.807) is 26.4 Å². The van der Waals surface area contributed by atoms with Gasteiger partial charge in [-0.1, -0.05) is 30.2 Å². The highest BCUT2D eigenvalue weighted by Gasteiger charge is 2.48. The van der Waals surface area contributed by atoms with E-state index in [1.807, 2.05) is 42.7 Å². The van der Waals surface area contributed by atoms with E-state index in [1.165, 1.54) is 24.3 Å². The summed E-state index contributed by atoms with van der Waals surface area (Å²) >= 11 is 7.28. The molecule has 0 spiro atoms. The van der Waals surface area contributed by atoms with Crippen molar-refractivity contribution in [3.05, 3.63) is 93.7 Å². The summed E-state index contributed by atoms with van der Waals surface area (Å²) < 4.78 is 127. The van der Waals surface area contributed by atoms with Crippen molar-refractivity contribution in [2.45, 2.75) is 98.7 Å². The maximum absolute atomic E-state index is 12.4. The van der Waals surface area contributed by atoms with Gasteiger partial charge in [-0.2, -0.15) is 29.8 Å². The second-order valence-corrected chi connectivity index (χ2v) is 22.3. The molecule has 0 saturated carbocycles. The van der Waals surface area contributed by atoms with Gasteiger partial charge in [0.25, 0.3) is 30.4 Å². The maximum Gasteiger partial charge on any atom is 0.303 e. The van der Waals surface area contributed by atoms with Crippen molar-refractivity contribution in [2.75, 3.05) is 77.6 Å². The smallest absolute Gasteiger partial charge is 0.303 e. The number of carboxylic acid groups (broad SMARTS) is 1. The Hall–Kier alpha value is -3.80. The number of anilines is 1. The number of allylic oxidation sites excluding steroid dienone is 8.